The maximum absolute atomic E-state index is 9.92. The summed E-state index contributed by atoms with van der Waals surface area (Å²) in [6.45, 7) is 2.23. The van der Waals surface area contributed by atoms with Gasteiger partial charge < -0.3 is 19.7 Å². The van der Waals surface area contributed by atoms with Crippen LogP contribution < -0.4 is 0 Å². The first kappa shape index (κ1) is 20.8. The summed E-state index contributed by atoms with van der Waals surface area (Å²) in [4.78, 5) is 0. The Morgan fingerprint density at radius 1 is 0.714 bits per heavy atom. The Hall–Kier alpha value is -0.160. The number of aliphatic hydroxyl groups excluding tert-OH is 2. The minimum absolute atomic E-state index is 0.264. The van der Waals surface area contributed by atoms with E-state index in [1.165, 1.54) is 38.5 Å². The Morgan fingerprint density at radius 3 is 1.81 bits per heavy atom. The van der Waals surface area contributed by atoms with Crippen molar-refractivity contribution < 1.29 is 19.7 Å². The largest absolute Gasteiger partial charge is 0.393 e. The fourth-order valence-electron chi connectivity index (χ4n) is 2.55. The van der Waals surface area contributed by atoms with Gasteiger partial charge in [-0.2, -0.15) is 0 Å². The number of hydrogen-bond acceptors (Lipinski definition) is 4. The number of unbranched alkanes of at least 4 members (excludes halogenated alkanes) is 6. The van der Waals surface area contributed by atoms with Crippen LogP contribution in [0, 0.1) is 0 Å². The van der Waals surface area contributed by atoms with Crippen molar-refractivity contribution in [3.8, 4) is 0 Å². The van der Waals surface area contributed by atoms with Crippen LogP contribution in [0.3, 0.4) is 0 Å². The number of aliphatic hydroxyl groups is 2. The summed E-state index contributed by atoms with van der Waals surface area (Å²) >= 11 is 0. The van der Waals surface area contributed by atoms with Gasteiger partial charge in [0.2, 0.25) is 0 Å². The summed E-state index contributed by atoms with van der Waals surface area (Å²) in [5, 5.41) is 19.8. The van der Waals surface area contributed by atoms with Gasteiger partial charge in [-0.15, -0.1) is 0 Å². The predicted molar refractivity (Wildman–Crippen MR) is 86.3 cm³/mol. The van der Waals surface area contributed by atoms with Crippen LogP contribution in [0.4, 0.5) is 0 Å². The topological polar surface area (TPSA) is 58.9 Å². The fraction of sp³-hybridized carbons (Fsp3) is 1.00. The highest BCUT2D eigenvalue weighted by atomic mass is 16.7. The van der Waals surface area contributed by atoms with Crippen molar-refractivity contribution >= 4 is 0 Å². The standard InChI is InChI=1S/C17H36O4/c1-4-5-6-7-8-9-10-11-15(18)14-16(19)12-13-17(20-2)21-3/h15-19H,4-14H2,1-3H3/t15-,16+/m0/s1. The molecule has 4 nitrogen and oxygen atoms in total. The van der Waals surface area contributed by atoms with Gasteiger partial charge >= 0.3 is 0 Å². The Bertz CT molecular complexity index is 207. The zero-order valence-corrected chi connectivity index (χ0v) is 14.2. The molecular formula is C17H36O4. The SMILES string of the molecule is CCCCCCCCC[C@H](O)C[C@H](O)CCC(OC)OC. The van der Waals surface area contributed by atoms with Crippen molar-refractivity contribution in [1.29, 1.82) is 0 Å². The first-order valence-corrected chi connectivity index (χ1v) is 8.55. The summed E-state index contributed by atoms with van der Waals surface area (Å²) in [7, 11) is 3.19. The summed E-state index contributed by atoms with van der Waals surface area (Å²) < 4.78 is 10.2. The second kappa shape index (κ2) is 14.8. The van der Waals surface area contributed by atoms with Crippen molar-refractivity contribution in [1.82, 2.24) is 0 Å². The first-order valence-electron chi connectivity index (χ1n) is 8.55. The lowest BCUT2D eigenvalue weighted by atomic mass is 10.0. The molecule has 0 heterocycles. The van der Waals surface area contributed by atoms with Gasteiger partial charge in [0, 0.05) is 20.6 Å². The van der Waals surface area contributed by atoms with E-state index in [2.05, 4.69) is 6.92 Å². The van der Waals surface area contributed by atoms with E-state index < -0.39 is 6.10 Å². The molecule has 0 saturated carbocycles. The van der Waals surface area contributed by atoms with E-state index in [0.717, 1.165) is 12.8 Å². The van der Waals surface area contributed by atoms with E-state index in [1.807, 2.05) is 0 Å². The molecule has 0 bridgehead atoms. The molecule has 0 spiro atoms. The summed E-state index contributed by atoms with van der Waals surface area (Å²) in [6.07, 6.45) is 10.1. The van der Waals surface area contributed by atoms with Gasteiger partial charge in [0.25, 0.3) is 0 Å². The molecule has 2 N–H and O–H groups in total. The molecule has 0 amide bonds. The van der Waals surface area contributed by atoms with Crippen LogP contribution in [0.2, 0.25) is 0 Å². The first-order chi connectivity index (χ1) is 10.1. The highest BCUT2D eigenvalue weighted by molar-refractivity contribution is 4.65. The van der Waals surface area contributed by atoms with Crippen molar-refractivity contribution in [3.63, 3.8) is 0 Å². The van der Waals surface area contributed by atoms with Crippen LogP contribution in [0.15, 0.2) is 0 Å². The molecule has 0 fully saturated rings. The van der Waals surface area contributed by atoms with Gasteiger partial charge in [0.15, 0.2) is 6.29 Å². The van der Waals surface area contributed by atoms with Crippen LogP contribution in [0.25, 0.3) is 0 Å². The van der Waals surface area contributed by atoms with Crippen LogP contribution in [0.5, 0.6) is 0 Å². The third kappa shape index (κ3) is 13.2. The van der Waals surface area contributed by atoms with Crippen molar-refractivity contribution in [2.24, 2.45) is 0 Å². The van der Waals surface area contributed by atoms with E-state index in [9.17, 15) is 10.2 Å². The molecule has 2 atom stereocenters. The highest BCUT2D eigenvalue weighted by Crippen LogP contribution is 2.14. The second-order valence-corrected chi connectivity index (χ2v) is 5.93. The minimum atomic E-state index is -0.475. The Morgan fingerprint density at radius 2 is 1.24 bits per heavy atom. The van der Waals surface area contributed by atoms with E-state index in [0.29, 0.717) is 19.3 Å². The molecule has 0 aliphatic rings. The third-order valence-electron chi connectivity index (χ3n) is 3.95. The van der Waals surface area contributed by atoms with Gasteiger partial charge in [-0.25, -0.2) is 0 Å². The summed E-state index contributed by atoms with van der Waals surface area (Å²) in [5.74, 6) is 0. The van der Waals surface area contributed by atoms with Crippen molar-refractivity contribution in [3.05, 3.63) is 0 Å². The van der Waals surface area contributed by atoms with E-state index >= 15 is 0 Å². The van der Waals surface area contributed by atoms with Crippen LogP contribution >= 0.6 is 0 Å². The normalized spacial score (nSPS) is 14.6. The average molecular weight is 304 g/mol. The van der Waals surface area contributed by atoms with E-state index in [4.69, 9.17) is 9.47 Å². The molecule has 0 aliphatic heterocycles. The average Bonchev–Trinajstić information content (AvgIpc) is 2.47. The Balaban J connectivity index is 3.48. The molecule has 0 radical (unpaired) electrons. The molecular weight excluding hydrogens is 268 g/mol. The Kier molecular flexibility index (Phi) is 14.7. The van der Waals surface area contributed by atoms with E-state index in [1.54, 1.807) is 14.2 Å². The molecule has 0 aromatic carbocycles. The Labute approximate surface area is 130 Å². The van der Waals surface area contributed by atoms with Gasteiger partial charge in [-0.3, -0.25) is 0 Å². The lowest BCUT2D eigenvalue weighted by molar-refractivity contribution is -0.111. The zero-order valence-electron chi connectivity index (χ0n) is 14.2. The van der Waals surface area contributed by atoms with Gasteiger partial charge in [-0.1, -0.05) is 51.9 Å². The molecule has 0 aromatic rings. The van der Waals surface area contributed by atoms with E-state index in [-0.39, 0.29) is 12.4 Å². The number of methoxy groups -OCH3 is 2. The van der Waals surface area contributed by atoms with Crippen LogP contribution in [-0.4, -0.2) is 42.9 Å². The molecule has 0 unspecified atom stereocenters. The number of rotatable bonds is 15. The predicted octanol–water partition coefficient (Wildman–Crippen LogP) is 3.64. The molecule has 0 saturated heterocycles. The second-order valence-electron chi connectivity index (χ2n) is 5.93. The molecule has 0 aliphatic carbocycles. The molecule has 128 valence electrons. The quantitative estimate of drug-likeness (QED) is 0.358. The lowest BCUT2D eigenvalue weighted by Gasteiger charge is -2.18. The van der Waals surface area contributed by atoms with Gasteiger partial charge in [0.05, 0.1) is 12.2 Å². The van der Waals surface area contributed by atoms with Crippen LogP contribution in [0.1, 0.15) is 77.6 Å². The third-order valence-corrected chi connectivity index (χ3v) is 3.95. The summed E-state index contributed by atoms with van der Waals surface area (Å²) in [5.41, 5.74) is 0. The smallest absolute Gasteiger partial charge is 0.156 e. The maximum Gasteiger partial charge on any atom is 0.156 e. The molecule has 0 aromatic heterocycles. The van der Waals surface area contributed by atoms with Crippen LogP contribution in [-0.2, 0) is 9.47 Å². The minimum Gasteiger partial charge on any atom is -0.393 e. The monoisotopic (exact) mass is 304 g/mol. The van der Waals surface area contributed by atoms with Gasteiger partial charge in [0.1, 0.15) is 0 Å². The highest BCUT2D eigenvalue weighted by Gasteiger charge is 2.14. The zero-order chi connectivity index (χ0) is 15.9. The fourth-order valence-corrected chi connectivity index (χ4v) is 2.55. The molecule has 21 heavy (non-hydrogen) atoms. The molecule has 0 rings (SSSR count). The van der Waals surface area contributed by atoms with Crippen molar-refractivity contribution in [2.75, 3.05) is 14.2 Å². The number of ether oxygens (including phenoxy) is 2. The maximum atomic E-state index is 9.92. The lowest BCUT2D eigenvalue weighted by Crippen LogP contribution is -2.21. The summed E-state index contributed by atoms with van der Waals surface area (Å²) in [6, 6.07) is 0. The molecule has 4 heteroatoms. The van der Waals surface area contributed by atoms with Crippen molar-refractivity contribution in [2.45, 2.75) is 96.1 Å². The van der Waals surface area contributed by atoms with Gasteiger partial charge in [-0.05, 0) is 19.3 Å². The number of hydrogen-bond donors (Lipinski definition) is 2.